The molecule has 2 rings (SSSR count). The normalized spacial score (nSPS) is 21.4. The van der Waals surface area contributed by atoms with Crippen molar-refractivity contribution in [3.05, 3.63) is 29.6 Å². The molecular weight excluding hydrogens is 172 g/mol. The minimum Gasteiger partial charge on any atom is -0.314 e. The molecular formula is C12H18N2. The minimum atomic E-state index is 0.662. The molecule has 2 heteroatoms. The third-order valence-corrected chi connectivity index (χ3v) is 2.97. The van der Waals surface area contributed by atoms with Gasteiger partial charge in [-0.3, -0.25) is 4.98 Å². The topological polar surface area (TPSA) is 24.9 Å². The van der Waals surface area contributed by atoms with Gasteiger partial charge in [0, 0.05) is 24.4 Å². The first-order chi connectivity index (χ1) is 6.90. The predicted molar refractivity (Wildman–Crippen MR) is 58.3 cm³/mol. The Labute approximate surface area is 85.7 Å². The summed E-state index contributed by atoms with van der Waals surface area (Å²) in [5.41, 5.74) is 2.69. The molecule has 1 aliphatic heterocycles. The van der Waals surface area contributed by atoms with E-state index in [4.69, 9.17) is 0 Å². The highest BCUT2D eigenvalue weighted by Crippen LogP contribution is 2.14. The van der Waals surface area contributed by atoms with Gasteiger partial charge in [-0.2, -0.15) is 0 Å². The summed E-state index contributed by atoms with van der Waals surface area (Å²) in [7, 11) is 0. The number of aryl methyl sites for hydroxylation is 1. The molecule has 0 bridgehead atoms. The fourth-order valence-corrected chi connectivity index (χ4v) is 2.14. The van der Waals surface area contributed by atoms with E-state index in [-0.39, 0.29) is 0 Å². The second-order valence-electron chi connectivity index (χ2n) is 3.96. The lowest BCUT2D eigenvalue weighted by atomic mass is 10.0. The van der Waals surface area contributed by atoms with Crippen LogP contribution in [0, 0.1) is 0 Å². The Bertz CT molecular complexity index is 290. The SMILES string of the molecule is CCc1cccnc1CC1CCCN1. The fraction of sp³-hybridized carbons (Fsp3) is 0.583. The fourth-order valence-electron chi connectivity index (χ4n) is 2.14. The van der Waals surface area contributed by atoms with Crippen LogP contribution in [0.25, 0.3) is 0 Å². The number of aromatic nitrogens is 1. The first-order valence-corrected chi connectivity index (χ1v) is 5.56. The molecule has 1 saturated heterocycles. The zero-order valence-electron chi connectivity index (χ0n) is 8.79. The van der Waals surface area contributed by atoms with Crippen LogP contribution in [-0.4, -0.2) is 17.6 Å². The van der Waals surface area contributed by atoms with E-state index in [1.54, 1.807) is 0 Å². The van der Waals surface area contributed by atoms with Crippen LogP contribution in [0.4, 0.5) is 0 Å². The Hall–Kier alpha value is -0.890. The predicted octanol–water partition coefficient (Wildman–Crippen LogP) is 1.94. The number of nitrogens with one attached hydrogen (secondary N) is 1. The highest BCUT2D eigenvalue weighted by Gasteiger charge is 2.15. The molecule has 0 amide bonds. The van der Waals surface area contributed by atoms with Crippen molar-refractivity contribution >= 4 is 0 Å². The van der Waals surface area contributed by atoms with Crippen LogP contribution in [0.2, 0.25) is 0 Å². The van der Waals surface area contributed by atoms with Gasteiger partial charge in [-0.05, 0) is 37.4 Å². The van der Waals surface area contributed by atoms with E-state index in [1.165, 1.54) is 30.6 Å². The van der Waals surface area contributed by atoms with Gasteiger partial charge in [-0.25, -0.2) is 0 Å². The molecule has 1 unspecified atom stereocenters. The molecule has 1 N–H and O–H groups in total. The van der Waals surface area contributed by atoms with Crippen molar-refractivity contribution < 1.29 is 0 Å². The van der Waals surface area contributed by atoms with Crippen molar-refractivity contribution in [2.45, 2.75) is 38.6 Å². The molecule has 0 aliphatic carbocycles. The van der Waals surface area contributed by atoms with Crippen LogP contribution >= 0.6 is 0 Å². The van der Waals surface area contributed by atoms with Crippen molar-refractivity contribution in [3.63, 3.8) is 0 Å². The first kappa shape index (κ1) is 9.66. The van der Waals surface area contributed by atoms with Crippen molar-refractivity contribution in [3.8, 4) is 0 Å². The summed E-state index contributed by atoms with van der Waals surface area (Å²) in [4.78, 5) is 4.47. The molecule has 2 heterocycles. The molecule has 1 aromatic heterocycles. The monoisotopic (exact) mass is 190 g/mol. The highest BCUT2D eigenvalue weighted by atomic mass is 14.9. The van der Waals surface area contributed by atoms with E-state index in [1.807, 2.05) is 12.3 Å². The van der Waals surface area contributed by atoms with Gasteiger partial charge < -0.3 is 5.32 Å². The van der Waals surface area contributed by atoms with Crippen molar-refractivity contribution in [2.24, 2.45) is 0 Å². The van der Waals surface area contributed by atoms with E-state index >= 15 is 0 Å². The first-order valence-electron chi connectivity index (χ1n) is 5.56. The van der Waals surface area contributed by atoms with E-state index in [2.05, 4.69) is 23.3 Å². The van der Waals surface area contributed by atoms with E-state index in [0.29, 0.717) is 6.04 Å². The van der Waals surface area contributed by atoms with E-state index in [9.17, 15) is 0 Å². The van der Waals surface area contributed by atoms with Crippen LogP contribution in [0.5, 0.6) is 0 Å². The van der Waals surface area contributed by atoms with Gasteiger partial charge in [0.05, 0.1) is 0 Å². The second-order valence-corrected chi connectivity index (χ2v) is 3.96. The molecule has 1 aromatic rings. The molecule has 0 radical (unpaired) electrons. The van der Waals surface area contributed by atoms with Crippen LogP contribution in [0.3, 0.4) is 0 Å². The summed E-state index contributed by atoms with van der Waals surface area (Å²) >= 11 is 0. The molecule has 0 spiro atoms. The van der Waals surface area contributed by atoms with Crippen LogP contribution in [0.15, 0.2) is 18.3 Å². The summed E-state index contributed by atoms with van der Waals surface area (Å²) in [6, 6.07) is 4.89. The molecule has 1 aliphatic rings. The molecule has 1 atom stereocenters. The number of hydrogen-bond donors (Lipinski definition) is 1. The lowest BCUT2D eigenvalue weighted by molar-refractivity contribution is 0.592. The third-order valence-electron chi connectivity index (χ3n) is 2.97. The summed E-state index contributed by atoms with van der Waals surface area (Å²) in [6.07, 6.45) is 6.72. The lowest BCUT2D eigenvalue weighted by Crippen LogP contribution is -2.24. The largest absolute Gasteiger partial charge is 0.314 e. The smallest absolute Gasteiger partial charge is 0.0450 e. The zero-order chi connectivity index (χ0) is 9.80. The number of nitrogens with zero attached hydrogens (tertiary/aromatic N) is 1. The molecule has 0 aromatic carbocycles. The summed E-state index contributed by atoms with van der Waals surface area (Å²) < 4.78 is 0. The molecule has 14 heavy (non-hydrogen) atoms. The molecule has 0 saturated carbocycles. The van der Waals surface area contributed by atoms with Gasteiger partial charge in [-0.1, -0.05) is 13.0 Å². The maximum absolute atomic E-state index is 4.47. The minimum absolute atomic E-state index is 0.662. The molecule has 76 valence electrons. The Balaban J connectivity index is 2.07. The van der Waals surface area contributed by atoms with E-state index in [0.717, 1.165) is 12.8 Å². The Kier molecular flexibility index (Phi) is 3.14. The van der Waals surface area contributed by atoms with Gasteiger partial charge in [0.2, 0.25) is 0 Å². The maximum atomic E-state index is 4.47. The van der Waals surface area contributed by atoms with Crippen LogP contribution < -0.4 is 5.32 Å². The van der Waals surface area contributed by atoms with Crippen LogP contribution in [0.1, 0.15) is 31.0 Å². The Morgan fingerprint density at radius 2 is 2.50 bits per heavy atom. The van der Waals surface area contributed by atoms with Crippen molar-refractivity contribution in [1.82, 2.24) is 10.3 Å². The lowest BCUT2D eigenvalue weighted by Gasteiger charge is -2.11. The quantitative estimate of drug-likeness (QED) is 0.788. The standard InChI is InChI=1S/C12H18N2/c1-2-10-5-3-8-14-12(10)9-11-6-4-7-13-11/h3,5,8,11,13H,2,4,6-7,9H2,1H3. The van der Waals surface area contributed by atoms with Gasteiger partial charge in [0.1, 0.15) is 0 Å². The highest BCUT2D eigenvalue weighted by molar-refractivity contribution is 5.20. The third kappa shape index (κ3) is 2.13. The van der Waals surface area contributed by atoms with Crippen molar-refractivity contribution in [1.29, 1.82) is 0 Å². The van der Waals surface area contributed by atoms with Gasteiger partial charge in [-0.15, -0.1) is 0 Å². The van der Waals surface area contributed by atoms with Crippen LogP contribution in [-0.2, 0) is 12.8 Å². The zero-order valence-corrected chi connectivity index (χ0v) is 8.79. The number of hydrogen-bond acceptors (Lipinski definition) is 2. The molecule has 1 fully saturated rings. The van der Waals surface area contributed by atoms with E-state index < -0.39 is 0 Å². The van der Waals surface area contributed by atoms with Gasteiger partial charge in [0.25, 0.3) is 0 Å². The number of pyridine rings is 1. The number of rotatable bonds is 3. The average molecular weight is 190 g/mol. The summed E-state index contributed by atoms with van der Waals surface area (Å²) in [5.74, 6) is 0. The molecule has 2 nitrogen and oxygen atoms in total. The average Bonchev–Trinajstić information content (AvgIpc) is 2.71. The summed E-state index contributed by atoms with van der Waals surface area (Å²) in [6.45, 7) is 3.38. The second kappa shape index (κ2) is 4.56. The summed E-state index contributed by atoms with van der Waals surface area (Å²) in [5, 5.41) is 3.52. The van der Waals surface area contributed by atoms with Crippen molar-refractivity contribution in [2.75, 3.05) is 6.54 Å². The van der Waals surface area contributed by atoms with Gasteiger partial charge in [0.15, 0.2) is 0 Å². The maximum Gasteiger partial charge on any atom is 0.0450 e. The van der Waals surface area contributed by atoms with Gasteiger partial charge >= 0.3 is 0 Å². The Morgan fingerprint density at radius 1 is 1.57 bits per heavy atom. The Morgan fingerprint density at radius 3 is 3.21 bits per heavy atom.